The first-order chi connectivity index (χ1) is 16.4. The minimum Gasteiger partial charge on any atom is -0.497 e. The first kappa shape index (κ1) is 23.3. The van der Waals surface area contributed by atoms with Gasteiger partial charge in [-0.15, -0.1) is 0 Å². The summed E-state index contributed by atoms with van der Waals surface area (Å²) in [5.41, 5.74) is 0.650. The van der Waals surface area contributed by atoms with Gasteiger partial charge in [-0.3, -0.25) is 14.3 Å². The highest BCUT2D eigenvalue weighted by Gasteiger charge is 2.25. The highest BCUT2D eigenvalue weighted by atomic mass is 32.2. The van der Waals surface area contributed by atoms with Crippen LogP contribution in [0.1, 0.15) is 10.5 Å². The average Bonchev–Trinajstić information content (AvgIpc) is 2.85. The Morgan fingerprint density at radius 2 is 1.76 bits per heavy atom. The van der Waals surface area contributed by atoms with E-state index < -0.39 is 21.5 Å². The number of benzene rings is 2. The van der Waals surface area contributed by atoms with Gasteiger partial charge in [0.1, 0.15) is 16.3 Å². The SMILES string of the molecule is COc1ccc(NS(=O)(=O)c2cc(NC(=O)c3ccc(=O)[nH]n3)ccc2N2CCOCC2)cc1. The topological polar surface area (TPSA) is 143 Å². The predicted octanol–water partition coefficient (Wildman–Crippen LogP) is 1.67. The monoisotopic (exact) mass is 485 g/mol. The molecule has 0 aliphatic carbocycles. The molecule has 34 heavy (non-hydrogen) atoms. The molecule has 4 rings (SSSR count). The van der Waals surface area contributed by atoms with Crippen LogP contribution in [0.25, 0.3) is 0 Å². The third-order valence-electron chi connectivity index (χ3n) is 5.11. The number of ether oxygens (including phenoxy) is 2. The fraction of sp³-hybridized carbons (Fsp3) is 0.227. The molecule has 3 N–H and O–H groups in total. The second kappa shape index (κ2) is 9.93. The fourth-order valence-electron chi connectivity index (χ4n) is 3.41. The standard InChI is InChI=1S/C22H23N5O6S/c1-32-17-5-2-15(3-6-17)26-34(30,31)20-14-16(4-8-19(20)27-10-12-33-13-11-27)23-22(29)18-7-9-21(28)25-24-18/h2-9,14,26H,10-13H2,1H3,(H,23,29)(H,25,28). The van der Waals surface area contributed by atoms with Gasteiger partial charge in [0.2, 0.25) is 0 Å². The summed E-state index contributed by atoms with van der Waals surface area (Å²) in [6.45, 7) is 2.00. The second-order valence-corrected chi connectivity index (χ2v) is 9.03. The summed E-state index contributed by atoms with van der Waals surface area (Å²) in [5, 5.41) is 8.51. The van der Waals surface area contributed by atoms with Crippen molar-refractivity contribution in [2.45, 2.75) is 4.90 Å². The molecule has 1 saturated heterocycles. The number of nitrogens with zero attached hydrogens (tertiary/aromatic N) is 2. The van der Waals surface area contributed by atoms with E-state index in [0.29, 0.717) is 43.4 Å². The lowest BCUT2D eigenvalue weighted by atomic mass is 10.2. The van der Waals surface area contributed by atoms with E-state index in [1.54, 1.807) is 36.4 Å². The van der Waals surface area contributed by atoms with Crippen molar-refractivity contribution in [2.24, 2.45) is 0 Å². The Bertz CT molecular complexity index is 1310. The van der Waals surface area contributed by atoms with Gasteiger partial charge in [0.15, 0.2) is 0 Å². The first-order valence-corrected chi connectivity index (χ1v) is 11.8. The van der Waals surface area contributed by atoms with Gasteiger partial charge in [-0.05, 0) is 48.5 Å². The van der Waals surface area contributed by atoms with E-state index in [1.165, 1.54) is 25.3 Å². The fourth-order valence-corrected chi connectivity index (χ4v) is 4.72. The number of rotatable bonds is 7. The van der Waals surface area contributed by atoms with Crippen LogP contribution in [-0.2, 0) is 14.8 Å². The van der Waals surface area contributed by atoms with E-state index in [4.69, 9.17) is 9.47 Å². The zero-order valence-corrected chi connectivity index (χ0v) is 19.1. The van der Waals surface area contributed by atoms with Crippen molar-refractivity contribution in [3.8, 4) is 5.75 Å². The normalized spacial score (nSPS) is 13.9. The lowest BCUT2D eigenvalue weighted by Crippen LogP contribution is -2.37. The van der Waals surface area contributed by atoms with Crippen LogP contribution in [0, 0.1) is 0 Å². The predicted molar refractivity (Wildman–Crippen MR) is 126 cm³/mol. The molecule has 2 heterocycles. The van der Waals surface area contributed by atoms with E-state index in [2.05, 4.69) is 20.2 Å². The third kappa shape index (κ3) is 5.35. The highest BCUT2D eigenvalue weighted by molar-refractivity contribution is 7.92. The van der Waals surface area contributed by atoms with E-state index in [-0.39, 0.29) is 16.3 Å². The summed E-state index contributed by atoms with van der Waals surface area (Å²) in [4.78, 5) is 25.6. The molecule has 0 saturated carbocycles. The number of aromatic nitrogens is 2. The van der Waals surface area contributed by atoms with Gasteiger partial charge in [0, 0.05) is 30.5 Å². The highest BCUT2D eigenvalue weighted by Crippen LogP contribution is 2.31. The minimum atomic E-state index is -4.03. The maximum Gasteiger partial charge on any atom is 0.276 e. The zero-order chi connectivity index (χ0) is 24.1. The quantitative estimate of drug-likeness (QED) is 0.459. The molecule has 1 aliphatic rings. The Morgan fingerprint density at radius 3 is 2.41 bits per heavy atom. The van der Waals surface area contributed by atoms with Gasteiger partial charge in [-0.25, -0.2) is 13.5 Å². The number of carbonyl (C=O) groups is 1. The molecule has 2 aromatic carbocycles. The number of hydrogen-bond acceptors (Lipinski definition) is 8. The number of morpholine rings is 1. The van der Waals surface area contributed by atoms with Crippen LogP contribution in [0.2, 0.25) is 0 Å². The number of aromatic amines is 1. The lowest BCUT2D eigenvalue weighted by molar-refractivity contribution is 0.102. The van der Waals surface area contributed by atoms with E-state index in [0.717, 1.165) is 0 Å². The minimum absolute atomic E-state index is 0.00236. The van der Waals surface area contributed by atoms with E-state index >= 15 is 0 Å². The van der Waals surface area contributed by atoms with Gasteiger partial charge < -0.3 is 19.7 Å². The summed E-state index contributed by atoms with van der Waals surface area (Å²) in [5.74, 6) is -0.000589. The molecule has 1 aliphatic heterocycles. The molecule has 1 amide bonds. The summed E-state index contributed by atoms with van der Waals surface area (Å²) < 4.78 is 39.9. The van der Waals surface area contributed by atoms with Crippen LogP contribution >= 0.6 is 0 Å². The Kier molecular flexibility index (Phi) is 6.80. The Labute approximate surface area is 195 Å². The number of hydrogen-bond donors (Lipinski definition) is 3. The summed E-state index contributed by atoms with van der Waals surface area (Å²) in [7, 11) is -2.51. The van der Waals surface area contributed by atoms with Gasteiger partial charge in [0.25, 0.3) is 21.5 Å². The Morgan fingerprint density at radius 1 is 1.06 bits per heavy atom. The number of nitrogens with one attached hydrogen (secondary N) is 3. The van der Waals surface area contributed by atoms with Crippen molar-refractivity contribution in [3.63, 3.8) is 0 Å². The summed E-state index contributed by atoms with van der Waals surface area (Å²) in [6.07, 6.45) is 0. The van der Waals surface area contributed by atoms with Crippen LogP contribution in [-0.4, -0.2) is 57.9 Å². The first-order valence-electron chi connectivity index (χ1n) is 10.4. The van der Waals surface area contributed by atoms with Crippen LogP contribution in [0.4, 0.5) is 17.1 Å². The van der Waals surface area contributed by atoms with Crippen molar-refractivity contribution < 1.29 is 22.7 Å². The average molecular weight is 486 g/mol. The number of anilines is 3. The number of methoxy groups -OCH3 is 1. The molecule has 0 unspecified atom stereocenters. The third-order valence-corrected chi connectivity index (χ3v) is 6.52. The molecule has 178 valence electrons. The molecular weight excluding hydrogens is 462 g/mol. The van der Waals surface area contributed by atoms with E-state index in [9.17, 15) is 18.0 Å². The maximum absolute atomic E-state index is 13.4. The van der Waals surface area contributed by atoms with Crippen molar-refractivity contribution >= 4 is 33.0 Å². The lowest BCUT2D eigenvalue weighted by Gasteiger charge is -2.30. The Balaban J connectivity index is 1.67. The number of amides is 1. The van der Waals surface area contributed by atoms with E-state index in [1.807, 2.05) is 4.90 Å². The van der Waals surface area contributed by atoms with Gasteiger partial charge in [-0.2, -0.15) is 5.10 Å². The smallest absolute Gasteiger partial charge is 0.276 e. The van der Waals surface area contributed by atoms with Crippen molar-refractivity contribution in [2.75, 3.05) is 48.4 Å². The molecule has 1 fully saturated rings. The molecule has 0 bridgehead atoms. The molecule has 12 heteroatoms. The summed E-state index contributed by atoms with van der Waals surface area (Å²) >= 11 is 0. The van der Waals surface area contributed by atoms with Crippen LogP contribution in [0.5, 0.6) is 5.75 Å². The van der Waals surface area contributed by atoms with Crippen molar-refractivity contribution in [1.82, 2.24) is 10.2 Å². The maximum atomic E-state index is 13.4. The largest absolute Gasteiger partial charge is 0.497 e. The molecule has 1 aromatic heterocycles. The van der Waals surface area contributed by atoms with Crippen molar-refractivity contribution in [3.05, 3.63) is 70.6 Å². The number of H-pyrrole nitrogens is 1. The molecule has 0 spiro atoms. The molecule has 0 radical (unpaired) electrons. The second-order valence-electron chi connectivity index (χ2n) is 7.38. The number of sulfonamides is 1. The van der Waals surface area contributed by atoms with Gasteiger partial charge >= 0.3 is 0 Å². The van der Waals surface area contributed by atoms with Gasteiger partial charge in [-0.1, -0.05) is 0 Å². The van der Waals surface area contributed by atoms with Crippen LogP contribution in [0.15, 0.2) is 64.3 Å². The summed E-state index contributed by atoms with van der Waals surface area (Å²) in [6, 6.07) is 13.6. The van der Waals surface area contributed by atoms with Crippen LogP contribution < -0.4 is 25.2 Å². The zero-order valence-electron chi connectivity index (χ0n) is 18.3. The molecular formula is C22H23N5O6S. The molecule has 0 atom stereocenters. The van der Waals surface area contributed by atoms with Crippen LogP contribution in [0.3, 0.4) is 0 Å². The Hall–Kier alpha value is -3.90. The molecule has 3 aromatic rings. The van der Waals surface area contributed by atoms with Gasteiger partial charge in [0.05, 0.1) is 26.0 Å². The molecule has 11 nitrogen and oxygen atoms in total. The van der Waals surface area contributed by atoms with Crippen molar-refractivity contribution in [1.29, 1.82) is 0 Å². The number of carbonyl (C=O) groups excluding carboxylic acids is 1.